The van der Waals surface area contributed by atoms with Crippen molar-refractivity contribution < 1.29 is 14.9 Å². The van der Waals surface area contributed by atoms with Gasteiger partial charge in [-0.15, -0.1) is 0 Å². The van der Waals surface area contributed by atoms with Crippen LogP contribution in [0.4, 0.5) is 0 Å². The fourth-order valence-electron chi connectivity index (χ4n) is 3.34. The number of ether oxygens (including phenoxy) is 1. The Morgan fingerprint density at radius 2 is 1.70 bits per heavy atom. The highest BCUT2D eigenvalue weighted by molar-refractivity contribution is 4.74. The van der Waals surface area contributed by atoms with Gasteiger partial charge in [0.25, 0.3) is 0 Å². The van der Waals surface area contributed by atoms with Gasteiger partial charge in [-0.3, -0.25) is 0 Å². The number of nitrogens with one attached hydrogen (secondary N) is 1. The van der Waals surface area contributed by atoms with Gasteiger partial charge in [0.05, 0.1) is 24.9 Å². The predicted octanol–water partition coefficient (Wildman–Crippen LogP) is 1.84. The molecule has 2 aliphatic rings. The van der Waals surface area contributed by atoms with E-state index in [1.807, 2.05) is 0 Å². The fourth-order valence-corrected chi connectivity index (χ4v) is 3.34. The van der Waals surface area contributed by atoms with Crippen LogP contribution >= 0.6 is 0 Å². The molecule has 3 N–H and O–H groups in total. The second-order valence-electron chi connectivity index (χ2n) is 6.58. The smallest absolute Gasteiger partial charge is 0.0897 e. The standard InChI is InChI=1S/C16H31NO3/c18-14-8-6-13(7-9-14)10-17-11-15(19)12-20-16-4-2-1-3-5-16/h13-19H,1-12H2. The van der Waals surface area contributed by atoms with E-state index in [-0.39, 0.29) is 6.10 Å². The highest BCUT2D eigenvalue weighted by atomic mass is 16.5. The van der Waals surface area contributed by atoms with Gasteiger partial charge in [0.2, 0.25) is 0 Å². The highest BCUT2D eigenvalue weighted by Gasteiger charge is 2.19. The number of hydrogen-bond acceptors (Lipinski definition) is 4. The first-order valence-electron chi connectivity index (χ1n) is 8.42. The summed E-state index contributed by atoms with van der Waals surface area (Å²) >= 11 is 0. The first-order chi connectivity index (χ1) is 9.74. The Labute approximate surface area is 122 Å². The molecule has 4 heteroatoms. The molecule has 1 atom stereocenters. The molecule has 2 fully saturated rings. The summed E-state index contributed by atoms with van der Waals surface area (Å²) in [5.41, 5.74) is 0. The van der Waals surface area contributed by atoms with Gasteiger partial charge in [-0.05, 0) is 51.0 Å². The van der Waals surface area contributed by atoms with Crippen molar-refractivity contribution in [1.29, 1.82) is 0 Å². The zero-order chi connectivity index (χ0) is 14.2. The molecule has 0 aromatic rings. The monoisotopic (exact) mass is 285 g/mol. The van der Waals surface area contributed by atoms with E-state index in [9.17, 15) is 10.2 Å². The van der Waals surface area contributed by atoms with Gasteiger partial charge in [0, 0.05) is 6.54 Å². The molecule has 2 saturated carbocycles. The second-order valence-corrected chi connectivity index (χ2v) is 6.58. The van der Waals surface area contributed by atoms with E-state index >= 15 is 0 Å². The Morgan fingerprint density at radius 3 is 2.40 bits per heavy atom. The van der Waals surface area contributed by atoms with Crippen molar-refractivity contribution in [3.8, 4) is 0 Å². The minimum Gasteiger partial charge on any atom is -0.393 e. The molecular weight excluding hydrogens is 254 g/mol. The molecule has 2 aliphatic carbocycles. The van der Waals surface area contributed by atoms with Crippen LogP contribution in [0.2, 0.25) is 0 Å². The molecule has 0 aromatic heterocycles. The van der Waals surface area contributed by atoms with Gasteiger partial charge >= 0.3 is 0 Å². The topological polar surface area (TPSA) is 61.7 Å². The van der Waals surface area contributed by atoms with Crippen LogP contribution in [0.3, 0.4) is 0 Å². The quantitative estimate of drug-likeness (QED) is 0.668. The number of aliphatic hydroxyl groups excluding tert-OH is 2. The minimum atomic E-state index is -0.397. The third-order valence-electron chi connectivity index (χ3n) is 4.71. The first-order valence-corrected chi connectivity index (χ1v) is 8.42. The van der Waals surface area contributed by atoms with Gasteiger partial charge in [0.1, 0.15) is 0 Å². The average molecular weight is 285 g/mol. The molecule has 0 aromatic carbocycles. The van der Waals surface area contributed by atoms with E-state index in [1.54, 1.807) is 0 Å². The van der Waals surface area contributed by atoms with Gasteiger partial charge < -0.3 is 20.3 Å². The molecule has 0 saturated heterocycles. The van der Waals surface area contributed by atoms with Crippen molar-refractivity contribution in [2.45, 2.75) is 76.1 Å². The van der Waals surface area contributed by atoms with Crippen molar-refractivity contribution in [2.24, 2.45) is 5.92 Å². The third-order valence-corrected chi connectivity index (χ3v) is 4.71. The maximum Gasteiger partial charge on any atom is 0.0897 e. The summed E-state index contributed by atoms with van der Waals surface area (Å²) in [6, 6.07) is 0. The molecule has 0 radical (unpaired) electrons. The predicted molar refractivity (Wildman–Crippen MR) is 79.7 cm³/mol. The molecule has 1 unspecified atom stereocenters. The molecule has 0 amide bonds. The van der Waals surface area contributed by atoms with E-state index < -0.39 is 6.10 Å². The zero-order valence-electron chi connectivity index (χ0n) is 12.6. The van der Waals surface area contributed by atoms with Gasteiger partial charge in [-0.25, -0.2) is 0 Å². The third kappa shape index (κ3) is 6.08. The summed E-state index contributed by atoms with van der Waals surface area (Å²) in [5.74, 6) is 0.657. The molecule has 118 valence electrons. The Balaban J connectivity index is 1.48. The van der Waals surface area contributed by atoms with Crippen LogP contribution in [0.1, 0.15) is 57.8 Å². The minimum absolute atomic E-state index is 0.0827. The molecule has 0 heterocycles. The molecule has 20 heavy (non-hydrogen) atoms. The van der Waals surface area contributed by atoms with E-state index in [0.717, 1.165) is 45.1 Å². The lowest BCUT2D eigenvalue weighted by molar-refractivity contribution is -0.0232. The Kier molecular flexibility index (Phi) is 7.28. The number of hydrogen-bond donors (Lipinski definition) is 3. The van der Waals surface area contributed by atoms with Crippen LogP contribution < -0.4 is 5.32 Å². The lowest BCUT2D eigenvalue weighted by Crippen LogP contribution is -2.36. The van der Waals surface area contributed by atoms with Crippen LogP contribution in [-0.2, 0) is 4.74 Å². The average Bonchev–Trinajstić information content (AvgIpc) is 2.48. The van der Waals surface area contributed by atoms with Crippen molar-refractivity contribution in [3.63, 3.8) is 0 Å². The number of rotatable bonds is 7. The van der Waals surface area contributed by atoms with Crippen LogP contribution in [0.15, 0.2) is 0 Å². The number of aliphatic hydroxyl groups is 2. The van der Waals surface area contributed by atoms with Gasteiger partial charge in [-0.1, -0.05) is 19.3 Å². The molecule has 2 rings (SSSR count). The molecule has 0 aliphatic heterocycles. The highest BCUT2D eigenvalue weighted by Crippen LogP contribution is 2.23. The van der Waals surface area contributed by atoms with Gasteiger partial charge in [0.15, 0.2) is 0 Å². The van der Waals surface area contributed by atoms with Crippen molar-refractivity contribution in [3.05, 3.63) is 0 Å². The lowest BCUT2D eigenvalue weighted by atomic mass is 9.87. The van der Waals surface area contributed by atoms with Crippen LogP contribution in [0.25, 0.3) is 0 Å². The summed E-state index contributed by atoms with van der Waals surface area (Å²) < 4.78 is 5.78. The summed E-state index contributed by atoms with van der Waals surface area (Å²) in [7, 11) is 0. The fraction of sp³-hybridized carbons (Fsp3) is 1.00. The van der Waals surface area contributed by atoms with Crippen molar-refractivity contribution in [1.82, 2.24) is 5.32 Å². The van der Waals surface area contributed by atoms with Crippen LogP contribution in [-0.4, -0.2) is 48.2 Å². The zero-order valence-corrected chi connectivity index (χ0v) is 12.6. The SMILES string of the molecule is OC1CCC(CNCC(O)COC2CCCCC2)CC1. The maximum atomic E-state index is 9.92. The second kappa shape index (κ2) is 8.98. The summed E-state index contributed by atoms with van der Waals surface area (Å²) in [6.45, 7) is 2.03. The Morgan fingerprint density at radius 1 is 1.00 bits per heavy atom. The van der Waals surface area contributed by atoms with E-state index in [4.69, 9.17) is 4.74 Å². The van der Waals surface area contributed by atoms with E-state index in [2.05, 4.69) is 5.32 Å². The molecule has 0 spiro atoms. The first kappa shape index (κ1) is 16.2. The molecule has 4 nitrogen and oxygen atoms in total. The Hall–Kier alpha value is -0.160. The summed E-state index contributed by atoms with van der Waals surface area (Å²) in [4.78, 5) is 0. The Bertz CT molecular complexity index is 248. The van der Waals surface area contributed by atoms with E-state index in [0.29, 0.717) is 25.2 Å². The van der Waals surface area contributed by atoms with E-state index in [1.165, 1.54) is 19.3 Å². The summed E-state index contributed by atoms with van der Waals surface area (Å²) in [5, 5.41) is 22.7. The normalized spacial score (nSPS) is 30.3. The van der Waals surface area contributed by atoms with Crippen molar-refractivity contribution >= 4 is 0 Å². The maximum absolute atomic E-state index is 9.92. The molecular formula is C16H31NO3. The van der Waals surface area contributed by atoms with Crippen LogP contribution in [0, 0.1) is 5.92 Å². The summed E-state index contributed by atoms with van der Waals surface area (Å²) in [6.07, 6.45) is 10.1. The van der Waals surface area contributed by atoms with Gasteiger partial charge in [-0.2, -0.15) is 0 Å². The van der Waals surface area contributed by atoms with Crippen LogP contribution in [0.5, 0.6) is 0 Å². The lowest BCUT2D eigenvalue weighted by Gasteiger charge is -2.26. The molecule has 0 bridgehead atoms. The van der Waals surface area contributed by atoms with Crippen molar-refractivity contribution in [2.75, 3.05) is 19.7 Å². The largest absolute Gasteiger partial charge is 0.393 e.